The Morgan fingerprint density at radius 3 is 3.00 bits per heavy atom. The van der Waals surface area contributed by atoms with Crippen molar-refractivity contribution in [2.24, 2.45) is 11.8 Å². The summed E-state index contributed by atoms with van der Waals surface area (Å²) in [6.07, 6.45) is 6.36. The van der Waals surface area contributed by atoms with Gasteiger partial charge in [-0.1, -0.05) is 17.7 Å². The number of halogens is 1. The molecule has 2 rings (SSSR count). The second-order valence-corrected chi connectivity index (χ2v) is 4.18. The van der Waals surface area contributed by atoms with Gasteiger partial charge in [-0.15, -0.1) is 0 Å². The van der Waals surface area contributed by atoms with Crippen molar-refractivity contribution >= 4 is 11.6 Å². The molecule has 2 aliphatic carbocycles. The first-order chi connectivity index (χ1) is 5.25. The summed E-state index contributed by atoms with van der Waals surface area (Å²) in [6, 6.07) is 0. The maximum absolute atomic E-state index is 9.48. The molecule has 0 heterocycles. The van der Waals surface area contributed by atoms with E-state index in [2.05, 4.69) is 6.08 Å². The summed E-state index contributed by atoms with van der Waals surface area (Å²) in [6.45, 7) is 0. The van der Waals surface area contributed by atoms with Gasteiger partial charge in [0.15, 0.2) is 0 Å². The largest absolute Gasteiger partial charge is 0.388 e. The van der Waals surface area contributed by atoms with Crippen LogP contribution in [0.1, 0.15) is 25.7 Å². The first-order valence-corrected chi connectivity index (χ1v) is 4.69. The second-order valence-electron chi connectivity index (χ2n) is 3.74. The van der Waals surface area contributed by atoms with Crippen LogP contribution in [-0.2, 0) is 0 Å². The van der Waals surface area contributed by atoms with Crippen molar-refractivity contribution in [3.63, 3.8) is 0 Å². The van der Waals surface area contributed by atoms with Gasteiger partial charge in [0.1, 0.15) is 0 Å². The zero-order chi connectivity index (χ0) is 7.84. The fourth-order valence-corrected chi connectivity index (χ4v) is 2.51. The van der Waals surface area contributed by atoms with E-state index in [0.717, 1.165) is 12.3 Å². The van der Waals surface area contributed by atoms with Gasteiger partial charge in [0.05, 0.1) is 6.10 Å². The molecule has 1 N–H and O–H groups in total. The number of aliphatic hydroxyl groups is 1. The average molecular weight is 173 g/mol. The molecule has 3 atom stereocenters. The lowest BCUT2D eigenvalue weighted by Gasteiger charge is -2.12. The Morgan fingerprint density at radius 2 is 2.18 bits per heavy atom. The van der Waals surface area contributed by atoms with Gasteiger partial charge in [0, 0.05) is 5.03 Å². The lowest BCUT2D eigenvalue weighted by molar-refractivity contribution is 0.185. The molecule has 62 valence electrons. The third-order valence-electron chi connectivity index (χ3n) is 2.85. The molecular weight excluding hydrogens is 160 g/mol. The molecular formula is C9H13ClO. The number of hydrogen-bond acceptors (Lipinski definition) is 1. The van der Waals surface area contributed by atoms with E-state index < -0.39 is 0 Å². The zero-order valence-corrected chi connectivity index (χ0v) is 7.22. The van der Waals surface area contributed by atoms with E-state index in [0.29, 0.717) is 11.0 Å². The fraction of sp³-hybridized carbons (Fsp3) is 0.778. The molecule has 2 aliphatic rings. The highest BCUT2D eigenvalue weighted by Crippen LogP contribution is 2.39. The summed E-state index contributed by atoms with van der Waals surface area (Å²) in [5.74, 6) is 1.38. The van der Waals surface area contributed by atoms with Crippen molar-refractivity contribution in [1.82, 2.24) is 0 Å². The minimum Gasteiger partial charge on any atom is -0.388 e. The number of rotatable bonds is 0. The molecule has 0 amide bonds. The van der Waals surface area contributed by atoms with Crippen molar-refractivity contribution in [2.75, 3.05) is 0 Å². The van der Waals surface area contributed by atoms with Crippen LogP contribution in [0.3, 0.4) is 0 Å². The molecule has 1 saturated carbocycles. The summed E-state index contributed by atoms with van der Waals surface area (Å²) in [4.78, 5) is 0. The second kappa shape index (κ2) is 2.80. The molecule has 0 aromatic rings. The summed E-state index contributed by atoms with van der Waals surface area (Å²) in [5.41, 5.74) is 0. The molecule has 0 saturated heterocycles. The van der Waals surface area contributed by atoms with E-state index >= 15 is 0 Å². The van der Waals surface area contributed by atoms with Crippen LogP contribution < -0.4 is 0 Å². The maximum Gasteiger partial charge on any atom is 0.0895 e. The third-order valence-corrected chi connectivity index (χ3v) is 3.23. The third kappa shape index (κ3) is 1.45. The standard InChI is InChI=1S/C9H13ClO/c10-8-4-6-1-2-7(3-6)5-9(8)11/h4,6-7,9,11H,1-3,5H2. The lowest BCUT2D eigenvalue weighted by atomic mass is 10.0. The van der Waals surface area contributed by atoms with Gasteiger partial charge < -0.3 is 5.11 Å². The predicted molar refractivity (Wildman–Crippen MR) is 45.4 cm³/mol. The summed E-state index contributed by atoms with van der Waals surface area (Å²) < 4.78 is 0. The number of aliphatic hydroxyl groups excluding tert-OH is 1. The highest BCUT2D eigenvalue weighted by molar-refractivity contribution is 6.30. The quantitative estimate of drug-likeness (QED) is 0.595. The van der Waals surface area contributed by atoms with E-state index in [1.54, 1.807) is 0 Å². The van der Waals surface area contributed by atoms with E-state index in [1.807, 2.05) is 0 Å². The van der Waals surface area contributed by atoms with E-state index in [4.69, 9.17) is 11.6 Å². The van der Waals surface area contributed by atoms with Crippen molar-refractivity contribution in [2.45, 2.75) is 31.8 Å². The van der Waals surface area contributed by atoms with Gasteiger partial charge in [0.25, 0.3) is 0 Å². The summed E-state index contributed by atoms with van der Waals surface area (Å²) >= 11 is 5.88. The molecule has 1 fully saturated rings. The first kappa shape index (κ1) is 7.63. The van der Waals surface area contributed by atoms with Crippen LogP contribution in [0.2, 0.25) is 0 Å². The molecule has 2 bridgehead atoms. The number of fused-ring (bicyclic) bond motifs is 2. The molecule has 2 heteroatoms. The first-order valence-electron chi connectivity index (χ1n) is 4.31. The van der Waals surface area contributed by atoms with Crippen LogP contribution >= 0.6 is 11.6 Å². The van der Waals surface area contributed by atoms with Crippen molar-refractivity contribution in [3.05, 3.63) is 11.1 Å². The van der Waals surface area contributed by atoms with Gasteiger partial charge in [0.2, 0.25) is 0 Å². The molecule has 1 nitrogen and oxygen atoms in total. The van der Waals surface area contributed by atoms with Gasteiger partial charge in [-0.3, -0.25) is 0 Å². The van der Waals surface area contributed by atoms with Gasteiger partial charge >= 0.3 is 0 Å². The maximum atomic E-state index is 9.48. The molecule has 11 heavy (non-hydrogen) atoms. The Kier molecular flexibility index (Phi) is 1.94. The van der Waals surface area contributed by atoms with Gasteiger partial charge in [-0.05, 0) is 37.5 Å². The highest BCUT2D eigenvalue weighted by atomic mass is 35.5. The Morgan fingerprint density at radius 1 is 1.36 bits per heavy atom. The summed E-state index contributed by atoms with van der Waals surface area (Å²) in [7, 11) is 0. The minimum absolute atomic E-state index is 0.369. The minimum atomic E-state index is -0.369. The van der Waals surface area contributed by atoms with Crippen LogP contribution in [-0.4, -0.2) is 11.2 Å². The topological polar surface area (TPSA) is 20.2 Å². The predicted octanol–water partition coefficient (Wildman–Crippen LogP) is 2.29. The van der Waals surface area contributed by atoms with Crippen LogP contribution in [0.25, 0.3) is 0 Å². The lowest BCUT2D eigenvalue weighted by Crippen LogP contribution is -2.10. The van der Waals surface area contributed by atoms with Crippen LogP contribution in [0.5, 0.6) is 0 Å². The molecule has 0 radical (unpaired) electrons. The number of hydrogen-bond donors (Lipinski definition) is 1. The monoisotopic (exact) mass is 172 g/mol. The van der Waals surface area contributed by atoms with Gasteiger partial charge in [-0.2, -0.15) is 0 Å². The normalized spacial score (nSPS) is 43.5. The summed E-state index contributed by atoms with van der Waals surface area (Å²) in [5, 5.41) is 10.2. The van der Waals surface area contributed by atoms with Crippen molar-refractivity contribution in [3.8, 4) is 0 Å². The average Bonchev–Trinajstić information content (AvgIpc) is 2.30. The molecule has 0 aromatic carbocycles. The van der Waals surface area contributed by atoms with Crippen molar-refractivity contribution in [1.29, 1.82) is 0 Å². The molecule has 0 spiro atoms. The molecule has 3 unspecified atom stereocenters. The van der Waals surface area contributed by atoms with E-state index in [-0.39, 0.29) is 6.10 Å². The fourth-order valence-electron chi connectivity index (χ4n) is 2.24. The van der Waals surface area contributed by atoms with Crippen LogP contribution in [0, 0.1) is 11.8 Å². The molecule has 0 aliphatic heterocycles. The van der Waals surface area contributed by atoms with Gasteiger partial charge in [-0.25, -0.2) is 0 Å². The Labute approximate surface area is 72.1 Å². The molecule has 0 aromatic heterocycles. The zero-order valence-electron chi connectivity index (χ0n) is 6.46. The Bertz CT molecular complexity index is 188. The number of allylic oxidation sites excluding steroid dienone is 1. The smallest absolute Gasteiger partial charge is 0.0895 e. The van der Waals surface area contributed by atoms with Crippen LogP contribution in [0.4, 0.5) is 0 Å². The van der Waals surface area contributed by atoms with E-state index in [1.165, 1.54) is 19.3 Å². The highest BCUT2D eigenvalue weighted by Gasteiger charge is 2.29. The van der Waals surface area contributed by atoms with E-state index in [9.17, 15) is 5.11 Å². The Balaban J connectivity index is 2.18. The van der Waals surface area contributed by atoms with Crippen molar-refractivity contribution < 1.29 is 5.11 Å². The SMILES string of the molecule is OC1CC2CCC(C=C1Cl)C2. The Hall–Kier alpha value is -0.0100. The van der Waals surface area contributed by atoms with Crippen LogP contribution in [0.15, 0.2) is 11.1 Å².